The lowest BCUT2D eigenvalue weighted by Gasteiger charge is -2.17. The molecule has 0 fully saturated rings. The van der Waals surface area contributed by atoms with Crippen LogP contribution in [0, 0.1) is 5.82 Å². The Hall–Kier alpha value is -2.50. The Bertz CT molecular complexity index is 588. The minimum Gasteiger partial charge on any atom is -0.381 e. The molecule has 0 aliphatic rings. The van der Waals surface area contributed by atoms with Gasteiger partial charge in [0.1, 0.15) is 0 Å². The average Bonchev–Trinajstić information content (AvgIpc) is 2.42. The molecule has 5 nitrogen and oxygen atoms in total. The molecule has 0 atom stereocenters. The van der Waals surface area contributed by atoms with Gasteiger partial charge in [0.2, 0.25) is 0 Å². The zero-order chi connectivity index (χ0) is 13.8. The molecule has 2 N–H and O–H groups in total. The quantitative estimate of drug-likeness (QED) is 0.907. The number of nitrogens with zero attached hydrogens (tertiary/aromatic N) is 3. The van der Waals surface area contributed by atoms with Crippen molar-refractivity contribution in [2.45, 2.75) is 6.54 Å². The van der Waals surface area contributed by atoms with E-state index in [0.717, 1.165) is 5.69 Å². The van der Waals surface area contributed by atoms with E-state index >= 15 is 0 Å². The van der Waals surface area contributed by atoms with Gasteiger partial charge in [-0.25, -0.2) is 9.37 Å². The normalized spacial score (nSPS) is 10.2. The minimum absolute atomic E-state index is 0.0917. The van der Waals surface area contributed by atoms with Crippen molar-refractivity contribution < 1.29 is 9.18 Å². The first-order valence-electron chi connectivity index (χ1n) is 5.65. The Labute approximate surface area is 109 Å². The topological polar surface area (TPSA) is 72.1 Å². The van der Waals surface area contributed by atoms with Crippen molar-refractivity contribution in [2.75, 3.05) is 12.8 Å². The molecule has 0 radical (unpaired) electrons. The van der Waals surface area contributed by atoms with Crippen LogP contribution in [0.5, 0.6) is 0 Å². The first-order chi connectivity index (χ1) is 9.09. The molecule has 0 aliphatic heterocycles. The molecule has 98 valence electrons. The number of carbonyl (C=O) groups excluding carboxylic acids is 1. The second-order valence-electron chi connectivity index (χ2n) is 4.04. The number of halogens is 1. The molecule has 0 saturated heterocycles. The zero-order valence-electron chi connectivity index (χ0n) is 10.4. The minimum atomic E-state index is -0.791. The van der Waals surface area contributed by atoms with Crippen LogP contribution < -0.4 is 5.73 Å². The van der Waals surface area contributed by atoms with Crippen molar-refractivity contribution in [1.29, 1.82) is 0 Å². The van der Waals surface area contributed by atoms with Gasteiger partial charge in [0, 0.05) is 19.4 Å². The van der Waals surface area contributed by atoms with Crippen LogP contribution in [0.3, 0.4) is 0 Å². The largest absolute Gasteiger partial charge is 0.381 e. The summed E-state index contributed by atoms with van der Waals surface area (Å²) >= 11 is 0. The van der Waals surface area contributed by atoms with Gasteiger partial charge >= 0.3 is 0 Å². The Morgan fingerprint density at radius 2 is 2.11 bits per heavy atom. The van der Waals surface area contributed by atoms with E-state index < -0.39 is 11.7 Å². The fourth-order valence-corrected chi connectivity index (χ4v) is 1.64. The summed E-state index contributed by atoms with van der Waals surface area (Å²) in [4.78, 5) is 21.2. The molecule has 2 aromatic rings. The summed E-state index contributed by atoms with van der Waals surface area (Å²) in [5.41, 5.74) is 5.97. The van der Waals surface area contributed by atoms with Gasteiger partial charge in [0.15, 0.2) is 11.6 Å². The highest BCUT2D eigenvalue weighted by Gasteiger charge is 2.18. The predicted molar refractivity (Wildman–Crippen MR) is 68.6 cm³/mol. The third-order valence-corrected chi connectivity index (χ3v) is 2.62. The van der Waals surface area contributed by atoms with Crippen LogP contribution in [0.2, 0.25) is 0 Å². The average molecular weight is 260 g/mol. The second kappa shape index (κ2) is 5.43. The SMILES string of the molecule is CN(Cc1ccccn1)C(=O)c1ccnc(N)c1F. The van der Waals surface area contributed by atoms with Crippen LogP contribution in [0.1, 0.15) is 16.1 Å². The molecule has 0 saturated carbocycles. The number of amides is 1. The zero-order valence-corrected chi connectivity index (χ0v) is 10.4. The van der Waals surface area contributed by atoms with E-state index in [1.54, 1.807) is 25.4 Å². The highest BCUT2D eigenvalue weighted by atomic mass is 19.1. The first kappa shape index (κ1) is 12.9. The molecule has 0 bridgehead atoms. The van der Waals surface area contributed by atoms with Crippen LogP contribution in [0.4, 0.5) is 10.2 Å². The number of anilines is 1. The van der Waals surface area contributed by atoms with Gasteiger partial charge in [-0.05, 0) is 18.2 Å². The molecule has 0 unspecified atom stereocenters. The summed E-state index contributed by atoms with van der Waals surface area (Å²) in [6.07, 6.45) is 2.94. The Morgan fingerprint density at radius 1 is 1.32 bits per heavy atom. The molecule has 0 spiro atoms. The molecule has 0 aromatic carbocycles. The van der Waals surface area contributed by atoms with Crippen LogP contribution in [0.15, 0.2) is 36.7 Å². The highest BCUT2D eigenvalue weighted by molar-refractivity contribution is 5.94. The van der Waals surface area contributed by atoms with Gasteiger partial charge in [0.05, 0.1) is 17.8 Å². The van der Waals surface area contributed by atoms with Gasteiger partial charge < -0.3 is 10.6 Å². The fraction of sp³-hybridized carbons (Fsp3) is 0.154. The molecule has 1 amide bonds. The summed E-state index contributed by atoms with van der Waals surface area (Å²) in [6, 6.07) is 6.71. The van der Waals surface area contributed by atoms with Gasteiger partial charge in [-0.15, -0.1) is 0 Å². The number of carbonyl (C=O) groups is 1. The molecule has 0 aliphatic carbocycles. The number of pyridine rings is 2. The van der Waals surface area contributed by atoms with Crippen LogP contribution >= 0.6 is 0 Å². The standard InChI is InChI=1S/C13H13FN4O/c1-18(8-9-4-2-3-6-16-9)13(19)10-5-7-17-12(15)11(10)14/h2-7H,8H2,1H3,(H2,15,17). The Morgan fingerprint density at radius 3 is 2.79 bits per heavy atom. The maximum Gasteiger partial charge on any atom is 0.257 e. The smallest absolute Gasteiger partial charge is 0.257 e. The lowest BCUT2D eigenvalue weighted by molar-refractivity contribution is 0.0778. The summed E-state index contributed by atoms with van der Waals surface area (Å²) in [6.45, 7) is 0.293. The number of rotatable bonds is 3. The number of aromatic nitrogens is 2. The van der Waals surface area contributed by atoms with Crippen molar-refractivity contribution in [2.24, 2.45) is 0 Å². The molecule has 19 heavy (non-hydrogen) atoms. The van der Waals surface area contributed by atoms with E-state index in [4.69, 9.17) is 5.73 Å². The Balaban J connectivity index is 2.18. The number of nitrogens with two attached hydrogens (primary N) is 1. The van der Waals surface area contributed by atoms with E-state index in [0.29, 0.717) is 6.54 Å². The van der Waals surface area contributed by atoms with Crippen molar-refractivity contribution in [3.05, 3.63) is 53.7 Å². The van der Waals surface area contributed by atoms with E-state index in [1.807, 2.05) is 6.07 Å². The maximum atomic E-state index is 13.7. The lowest BCUT2D eigenvalue weighted by Crippen LogP contribution is -2.27. The second-order valence-corrected chi connectivity index (χ2v) is 4.04. The van der Waals surface area contributed by atoms with Gasteiger partial charge in [-0.2, -0.15) is 0 Å². The van der Waals surface area contributed by atoms with Crippen molar-refractivity contribution in [3.63, 3.8) is 0 Å². The molecule has 2 heterocycles. The molecule has 2 aromatic heterocycles. The third-order valence-electron chi connectivity index (χ3n) is 2.62. The molecular formula is C13H13FN4O. The Kier molecular flexibility index (Phi) is 3.70. The maximum absolute atomic E-state index is 13.7. The third kappa shape index (κ3) is 2.85. The van der Waals surface area contributed by atoms with Crippen molar-refractivity contribution in [3.8, 4) is 0 Å². The first-order valence-corrected chi connectivity index (χ1v) is 5.65. The van der Waals surface area contributed by atoms with Crippen LogP contribution in [-0.4, -0.2) is 27.8 Å². The summed E-state index contributed by atoms with van der Waals surface area (Å²) < 4.78 is 13.7. The summed E-state index contributed by atoms with van der Waals surface area (Å²) in [5, 5.41) is 0. The van der Waals surface area contributed by atoms with Gasteiger partial charge in [0.25, 0.3) is 5.91 Å². The lowest BCUT2D eigenvalue weighted by atomic mass is 10.2. The highest BCUT2D eigenvalue weighted by Crippen LogP contribution is 2.14. The van der Waals surface area contributed by atoms with Gasteiger partial charge in [-0.1, -0.05) is 6.07 Å². The van der Waals surface area contributed by atoms with Crippen molar-refractivity contribution in [1.82, 2.24) is 14.9 Å². The summed E-state index contributed by atoms with van der Waals surface area (Å²) in [7, 11) is 1.58. The van der Waals surface area contributed by atoms with Gasteiger partial charge in [-0.3, -0.25) is 9.78 Å². The van der Waals surface area contributed by atoms with E-state index in [-0.39, 0.29) is 11.4 Å². The number of hydrogen-bond acceptors (Lipinski definition) is 4. The van der Waals surface area contributed by atoms with Crippen LogP contribution in [-0.2, 0) is 6.54 Å². The van der Waals surface area contributed by atoms with E-state index in [2.05, 4.69) is 9.97 Å². The monoisotopic (exact) mass is 260 g/mol. The molecular weight excluding hydrogens is 247 g/mol. The van der Waals surface area contributed by atoms with Crippen molar-refractivity contribution >= 4 is 11.7 Å². The molecule has 2 rings (SSSR count). The fourth-order valence-electron chi connectivity index (χ4n) is 1.64. The van der Waals surface area contributed by atoms with E-state index in [9.17, 15) is 9.18 Å². The predicted octanol–water partition coefficient (Wildman–Crippen LogP) is 1.47. The van der Waals surface area contributed by atoms with Crippen LogP contribution in [0.25, 0.3) is 0 Å². The number of nitrogen functional groups attached to an aromatic ring is 1. The molecule has 6 heteroatoms. The summed E-state index contributed by atoms with van der Waals surface area (Å²) in [5.74, 6) is -1.53. The number of hydrogen-bond donors (Lipinski definition) is 1. The van der Waals surface area contributed by atoms with E-state index in [1.165, 1.54) is 17.2 Å².